The number of rotatable bonds is 6. The number of aliphatic carboxylic acids is 1. The van der Waals surface area contributed by atoms with E-state index in [4.69, 9.17) is 9.84 Å². The standard InChI is InChI=1S/C12H20N2O6/c1-12(5-6-20-7-12)14-11(18)13-8(10(16)17)3-4-9(15)19-2/h8H,3-7H2,1-2H3,(H,16,17)(H2,13,14,18)/t8-,12?/m0/s1. The van der Waals surface area contributed by atoms with E-state index in [-0.39, 0.29) is 12.8 Å². The van der Waals surface area contributed by atoms with Crippen molar-refractivity contribution in [2.75, 3.05) is 20.3 Å². The van der Waals surface area contributed by atoms with E-state index in [1.807, 2.05) is 6.92 Å². The fraction of sp³-hybridized carbons (Fsp3) is 0.750. The molecule has 0 aromatic rings. The minimum absolute atomic E-state index is 0.0252. The van der Waals surface area contributed by atoms with Gasteiger partial charge in [-0.3, -0.25) is 4.79 Å². The molecule has 2 amide bonds. The van der Waals surface area contributed by atoms with Crippen molar-refractivity contribution in [1.29, 1.82) is 0 Å². The van der Waals surface area contributed by atoms with Crippen molar-refractivity contribution >= 4 is 18.0 Å². The molecule has 0 radical (unpaired) electrons. The molecule has 1 unspecified atom stereocenters. The Morgan fingerprint density at radius 3 is 2.65 bits per heavy atom. The molecule has 1 aliphatic heterocycles. The Labute approximate surface area is 116 Å². The summed E-state index contributed by atoms with van der Waals surface area (Å²) in [6.07, 6.45) is 0.567. The highest BCUT2D eigenvalue weighted by Crippen LogP contribution is 2.17. The number of urea groups is 1. The summed E-state index contributed by atoms with van der Waals surface area (Å²) in [5.41, 5.74) is -0.491. The lowest BCUT2D eigenvalue weighted by Crippen LogP contribution is -2.54. The minimum atomic E-state index is -1.20. The van der Waals surface area contributed by atoms with Gasteiger partial charge < -0.3 is 25.2 Å². The lowest BCUT2D eigenvalue weighted by atomic mass is 10.0. The first-order valence-corrected chi connectivity index (χ1v) is 6.32. The third kappa shape index (κ3) is 5.04. The Bertz CT molecular complexity index is 378. The van der Waals surface area contributed by atoms with Crippen LogP contribution in [0.5, 0.6) is 0 Å². The maximum atomic E-state index is 11.8. The molecule has 0 aromatic carbocycles. The number of methoxy groups -OCH3 is 1. The van der Waals surface area contributed by atoms with E-state index in [1.165, 1.54) is 7.11 Å². The molecule has 2 atom stereocenters. The number of carboxylic acids is 1. The summed E-state index contributed by atoms with van der Waals surface area (Å²) in [5, 5.41) is 14.0. The van der Waals surface area contributed by atoms with E-state index in [2.05, 4.69) is 15.4 Å². The highest BCUT2D eigenvalue weighted by atomic mass is 16.5. The van der Waals surface area contributed by atoms with Crippen molar-refractivity contribution in [3.63, 3.8) is 0 Å². The van der Waals surface area contributed by atoms with E-state index in [0.717, 1.165) is 0 Å². The van der Waals surface area contributed by atoms with Crippen LogP contribution in [0.15, 0.2) is 0 Å². The van der Waals surface area contributed by atoms with Gasteiger partial charge >= 0.3 is 18.0 Å². The Kier molecular flexibility index (Phi) is 5.75. The van der Waals surface area contributed by atoms with E-state index >= 15 is 0 Å². The summed E-state index contributed by atoms with van der Waals surface area (Å²) in [6.45, 7) is 2.77. The molecule has 8 heteroatoms. The average Bonchev–Trinajstić information content (AvgIpc) is 2.79. The van der Waals surface area contributed by atoms with Crippen molar-refractivity contribution < 1.29 is 29.0 Å². The molecule has 1 heterocycles. The first-order valence-electron chi connectivity index (χ1n) is 6.32. The quantitative estimate of drug-likeness (QED) is 0.587. The predicted octanol–water partition coefficient (Wildman–Crippen LogP) is -0.129. The van der Waals surface area contributed by atoms with Crippen molar-refractivity contribution in [1.82, 2.24) is 10.6 Å². The van der Waals surface area contributed by atoms with E-state index in [1.54, 1.807) is 0 Å². The smallest absolute Gasteiger partial charge is 0.326 e. The topological polar surface area (TPSA) is 114 Å². The highest BCUT2D eigenvalue weighted by molar-refractivity contribution is 5.83. The van der Waals surface area contributed by atoms with Crippen LogP contribution in [-0.2, 0) is 19.1 Å². The molecule has 0 aromatic heterocycles. The van der Waals surface area contributed by atoms with Gasteiger partial charge in [-0.25, -0.2) is 9.59 Å². The third-order valence-electron chi connectivity index (χ3n) is 3.10. The molecule has 0 saturated carbocycles. The number of carbonyl (C=O) groups is 3. The van der Waals surface area contributed by atoms with Crippen LogP contribution in [0, 0.1) is 0 Å². The van der Waals surface area contributed by atoms with Crippen LogP contribution < -0.4 is 10.6 Å². The minimum Gasteiger partial charge on any atom is -0.480 e. The maximum absolute atomic E-state index is 11.8. The van der Waals surface area contributed by atoms with Gasteiger partial charge in [0.1, 0.15) is 6.04 Å². The van der Waals surface area contributed by atoms with Crippen LogP contribution in [0.25, 0.3) is 0 Å². The van der Waals surface area contributed by atoms with Gasteiger partial charge in [-0.2, -0.15) is 0 Å². The Morgan fingerprint density at radius 2 is 2.15 bits per heavy atom. The van der Waals surface area contributed by atoms with Crippen molar-refractivity contribution in [3.8, 4) is 0 Å². The maximum Gasteiger partial charge on any atom is 0.326 e. The van der Waals surface area contributed by atoms with Crippen molar-refractivity contribution in [3.05, 3.63) is 0 Å². The van der Waals surface area contributed by atoms with E-state index < -0.39 is 29.6 Å². The van der Waals surface area contributed by atoms with Gasteiger partial charge in [0.25, 0.3) is 0 Å². The number of hydrogen-bond donors (Lipinski definition) is 3. The molecule has 1 fully saturated rings. The zero-order valence-corrected chi connectivity index (χ0v) is 11.6. The number of hydrogen-bond acceptors (Lipinski definition) is 5. The van der Waals surface area contributed by atoms with Crippen molar-refractivity contribution in [2.45, 2.75) is 37.8 Å². The number of esters is 1. The lowest BCUT2D eigenvalue weighted by Gasteiger charge is -2.25. The normalized spacial score (nSPS) is 22.9. The molecule has 1 aliphatic rings. The Hall–Kier alpha value is -1.83. The Balaban J connectivity index is 2.46. The van der Waals surface area contributed by atoms with Crippen molar-refractivity contribution in [2.24, 2.45) is 0 Å². The number of carbonyl (C=O) groups excluding carboxylic acids is 2. The number of nitrogens with one attached hydrogen (secondary N) is 2. The number of carboxylic acid groups (broad SMARTS) is 1. The number of ether oxygens (including phenoxy) is 2. The highest BCUT2D eigenvalue weighted by Gasteiger charge is 2.32. The van der Waals surface area contributed by atoms with Crippen LogP contribution in [0.1, 0.15) is 26.2 Å². The first-order chi connectivity index (χ1) is 9.36. The van der Waals surface area contributed by atoms with E-state index in [9.17, 15) is 14.4 Å². The summed E-state index contributed by atoms with van der Waals surface area (Å²) >= 11 is 0. The summed E-state index contributed by atoms with van der Waals surface area (Å²) < 4.78 is 9.62. The van der Waals surface area contributed by atoms with Crippen LogP contribution >= 0.6 is 0 Å². The molecular weight excluding hydrogens is 268 g/mol. The summed E-state index contributed by atoms with van der Waals surface area (Å²) in [5.74, 6) is -1.72. The van der Waals surface area contributed by atoms with Crippen LogP contribution in [0.4, 0.5) is 4.79 Å². The fourth-order valence-electron chi connectivity index (χ4n) is 1.86. The zero-order chi connectivity index (χ0) is 15.2. The van der Waals surface area contributed by atoms with Gasteiger partial charge in [-0.1, -0.05) is 0 Å². The molecule has 0 bridgehead atoms. The molecule has 20 heavy (non-hydrogen) atoms. The molecule has 8 nitrogen and oxygen atoms in total. The Morgan fingerprint density at radius 1 is 1.45 bits per heavy atom. The summed E-state index contributed by atoms with van der Waals surface area (Å²) in [6, 6.07) is -1.73. The van der Waals surface area contributed by atoms with Crippen LogP contribution in [-0.4, -0.2) is 55.0 Å². The summed E-state index contributed by atoms with van der Waals surface area (Å²) in [7, 11) is 1.22. The molecule has 1 rings (SSSR count). The van der Waals surface area contributed by atoms with Gasteiger partial charge in [0.15, 0.2) is 0 Å². The SMILES string of the molecule is COC(=O)CC[C@H](NC(=O)NC1(C)CCOC1)C(=O)O. The number of amides is 2. The van der Waals surface area contributed by atoms with Crippen LogP contribution in [0.3, 0.4) is 0 Å². The van der Waals surface area contributed by atoms with Gasteiger partial charge in [0.05, 0.1) is 19.3 Å². The molecule has 1 saturated heterocycles. The average molecular weight is 288 g/mol. The fourth-order valence-corrected chi connectivity index (χ4v) is 1.86. The third-order valence-corrected chi connectivity index (χ3v) is 3.10. The second-order valence-electron chi connectivity index (χ2n) is 4.97. The lowest BCUT2D eigenvalue weighted by molar-refractivity contribution is -0.142. The van der Waals surface area contributed by atoms with Gasteiger partial charge in [-0.05, 0) is 19.8 Å². The molecule has 0 aliphatic carbocycles. The second kappa shape index (κ2) is 7.09. The second-order valence-corrected chi connectivity index (χ2v) is 4.97. The molecule has 114 valence electrons. The molecule has 0 spiro atoms. The monoisotopic (exact) mass is 288 g/mol. The van der Waals surface area contributed by atoms with Gasteiger partial charge in [0, 0.05) is 13.0 Å². The predicted molar refractivity (Wildman–Crippen MR) is 68.2 cm³/mol. The van der Waals surface area contributed by atoms with E-state index in [0.29, 0.717) is 19.6 Å². The zero-order valence-electron chi connectivity index (χ0n) is 11.6. The van der Waals surface area contributed by atoms with Gasteiger partial charge in [-0.15, -0.1) is 0 Å². The molecule has 3 N–H and O–H groups in total. The largest absolute Gasteiger partial charge is 0.480 e. The van der Waals surface area contributed by atoms with Crippen LogP contribution in [0.2, 0.25) is 0 Å². The molecular formula is C12H20N2O6. The summed E-state index contributed by atoms with van der Waals surface area (Å²) in [4.78, 5) is 33.8. The first kappa shape index (κ1) is 16.2. The van der Waals surface area contributed by atoms with Gasteiger partial charge in [0.2, 0.25) is 0 Å².